The van der Waals surface area contributed by atoms with Gasteiger partial charge in [0.15, 0.2) is 0 Å². The summed E-state index contributed by atoms with van der Waals surface area (Å²) < 4.78 is 5.75. The fourth-order valence-electron chi connectivity index (χ4n) is 1.99. The predicted octanol–water partition coefficient (Wildman–Crippen LogP) is 3.20. The van der Waals surface area contributed by atoms with Crippen LogP contribution in [0.5, 0.6) is 5.75 Å². The fraction of sp³-hybridized carbons (Fsp3) is 0.353. The molecule has 2 aromatic rings. The van der Waals surface area contributed by atoms with Crippen molar-refractivity contribution in [2.75, 3.05) is 32.6 Å². The van der Waals surface area contributed by atoms with Crippen molar-refractivity contribution in [2.24, 2.45) is 0 Å². The van der Waals surface area contributed by atoms with Gasteiger partial charge in [0.25, 0.3) is 0 Å². The zero-order valence-electron chi connectivity index (χ0n) is 12.9. The van der Waals surface area contributed by atoms with E-state index in [0.29, 0.717) is 6.61 Å². The van der Waals surface area contributed by atoms with Crippen molar-refractivity contribution in [3.8, 4) is 5.75 Å². The summed E-state index contributed by atoms with van der Waals surface area (Å²) >= 11 is 0. The highest BCUT2D eigenvalue weighted by Gasteiger charge is 2.05. The summed E-state index contributed by atoms with van der Waals surface area (Å²) in [6.45, 7) is 3.72. The number of rotatable bonds is 7. The van der Waals surface area contributed by atoms with E-state index >= 15 is 0 Å². The average Bonchev–Trinajstić information content (AvgIpc) is 2.48. The number of likely N-dealkylation sites (N-methyl/N-ethyl adjacent to an activating group) is 1. The Morgan fingerprint density at radius 1 is 1.24 bits per heavy atom. The molecule has 4 nitrogen and oxygen atoms in total. The highest BCUT2D eigenvalue weighted by atomic mass is 16.5. The van der Waals surface area contributed by atoms with Gasteiger partial charge in [0.2, 0.25) is 0 Å². The molecular formula is C17H23N3O. The molecule has 0 spiro atoms. The van der Waals surface area contributed by atoms with E-state index < -0.39 is 0 Å². The molecule has 0 saturated heterocycles. The topological polar surface area (TPSA) is 37.4 Å². The van der Waals surface area contributed by atoms with Crippen LogP contribution in [0.3, 0.4) is 0 Å². The first-order valence-corrected chi connectivity index (χ1v) is 7.19. The smallest absolute Gasteiger partial charge is 0.121 e. The number of benzene rings is 1. The molecule has 21 heavy (non-hydrogen) atoms. The van der Waals surface area contributed by atoms with Gasteiger partial charge in [0.05, 0.1) is 6.04 Å². The van der Waals surface area contributed by atoms with E-state index in [4.69, 9.17) is 4.74 Å². The second-order valence-corrected chi connectivity index (χ2v) is 5.33. The molecule has 112 valence electrons. The molecule has 0 radical (unpaired) electrons. The summed E-state index contributed by atoms with van der Waals surface area (Å²) in [7, 11) is 4.08. The van der Waals surface area contributed by atoms with E-state index in [1.807, 2.05) is 50.6 Å². The monoisotopic (exact) mass is 285 g/mol. The van der Waals surface area contributed by atoms with Crippen molar-refractivity contribution in [1.82, 2.24) is 9.88 Å². The van der Waals surface area contributed by atoms with Gasteiger partial charge in [-0.1, -0.05) is 12.1 Å². The number of nitrogens with zero attached hydrogens (tertiary/aromatic N) is 2. The minimum Gasteiger partial charge on any atom is -0.492 e. The molecule has 1 N–H and O–H groups in total. The third-order valence-electron chi connectivity index (χ3n) is 3.21. The summed E-state index contributed by atoms with van der Waals surface area (Å²) in [6.07, 6.45) is 3.67. The molecule has 0 fully saturated rings. The van der Waals surface area contributed by atoms with Crippen molar-refractivity contribution in [3.63, 3.8) is 0 Å². The number of pyridine rings is 1. The van der Waals surface area contributed by atoms with Crippen LogP contribution in [0, 0.1) is 0 Å². The first-order valence-electron chi connectivity index (χ1n) is 7.19. The fourth-order valence-corrected chi connectivity index (χ4v) is 1.99. The Balaban J connectivity index is 1.94. The molecule has 0 aliphatic carbocycles. The number of ether oxygens (including phenoxy) is 1. The van der Waals surface area contributed by atoms with Crippen LogP contribution in [-0.2, 0) is 0 Å². The standard InChI is InChI=1S/C17H23N3O/c1-14(15-6-5-9-18-13-15)19-16-7-4-8-17(12-16)21-11-10-20(2)3/h4-9,12-14,19H,10-11H2,1-3H3. The van der Waals surface area contributed by atoms with Crippen molar-refractivity contribution >= 4 is 5.69 Å². The van der Waals surface area contributed by atoms with Crippen molar-refractivity contribution in [1.29, 1.82) is 0 Å². The Labute approximate surface area is 126 Å². The van der Waals surface area contributed by atoms with Gasteiger partial charge in [0.1, 0.15) is 12.4 Å². The minimum absolute atomic E-state index is 0.204. The maximum Gasteiger partial charge on any atom is 0.121 e. The summed E-state index contributed by atoms with van der Waals surface area (Å²) in [6, 6.07) is 12.3. The number of nitrogens with one attached hydrogen (secondary N) is 1. The Bertz CT molecular complexity index is 543. The van der Waals surface area contributed by atoms with Crippen LogP contribution in [-0.4, -0.2) is 37.1 Å². The third kappa shape index (κ3) is 5.08. The Morgan fingerprint density at radius 2 is 2.10 bits per heavy atom. The Hall–Kier alpha value is -2.07. The van der Waals surface area contributed by atoms with Crippen LogP contribution in [0.1, 0.15) is 18.5 Å². The van der Waals surface area contributed by atoms with E-state index in [0.717, 1.165) is 23.5 Å². The molecular weight excluding hydrogens is 262 g/mol. The number of hydrogen-bond donors (Lipinski definition) is 1. The van der Waals surface area contributed by atoms with E-state index in [1.165, 1.54) is 0 Å². The van der Waals surface area contributed by atoms with Crippen molar-refractivity contribution < 1.29 is 4.74 Å². The normalized spacial score (nSPS) is 12.2. The highest BCUT2D eigenvalue weighted by molar-refractivity contribution is 5.49. The van der Waals surface area contributed by atoms with Crippen LogP contribution in [0.15, 0.2) is 48.8 Å². The largest absolute Gasteiger partial charge is 0.492 e. The quantitative estimate of drug-likeness (QED) is 0.847. The van der Waals surface area contributed by atoms with Gasteiger partial charge in [-0.3, -0.25) is 4.98 Å². The van der Waals surface area contributed by atoms with Crippen LogP contribution in [0.25, 0.3) is 0 Å². The molecule has 2 rings (SSSR count). The lowest BCUT2D eigenvalue weighted by atomic mass is 10.1. The molecule has 4 heteroatoms. The summed E-state index contributed by atoms with van der Waals surface area (Å²) in [5.41, 5.74) is 2.21. The van der Waals surface area contributed by atoms with Gasteiger partial charge in [-0.25, -0.2) is 0 Å². The second kappa shape index (κ2) is 7.64. The van der Waals surface area contributed by atoms with Gasteiger partial charge in [-0.2, -0.15) is 0 Å². The van der Waals surface area contributed by atoms with Crippen LogP contribution in [0.2, 0.25) is 0 Å². The molecule has 0 saturated carbocycles. The molecule has 1 unspecified atom stereocenters. The van der Waals surface area contributed by atoms with E-state index in [1.54, 1.807) is 6.20 Å². The third-order valence-corrected chi connectivity index (χ3v) is 3.21. The number of hydrogen-bond acceptors (Lipinski definition) is 4. The van der Waals surface area contributed by atoms with E-state index in [2.05, 4.69) is 28.2 Å². The van der Waals surface area contributed by atoms with Gasteiger partial charge in [0, 0.05) is 30.7 Å². The SMILES string of the molecule is CC(Nc1cccc(OCCN(C)C)c1)c1cccnc1. The summed E-state index contributed by atoms with van der Waals surface area (Å²) in [4.78, 5) is 6.26. The summed E-state index contributed by atoms with van der Waals surface area (Å²) in [5.74, 6) is 0.889. The van der Waals surface area contributed by atoms with Crippen LogP contribution < -0.4 is 10.1 Å². The molecule has 1 heterocycles. The lowest BCUT2D eigenvalue weighted by molar-refractivity contribution is 0.261. The number of anilines is 1. The number of aromatic nitrogens is 1. The molecule has 0 amide bonds. The lowest BCUT2D eigenvalue weighted by Crippen LogP contribution is -2.19. The van der Waals surface area contributed by atoms with E-state index in [-0.39, 0.29) is 6.04 Å². The zero-order valence-corrected chi connectivity index (χ0v) is 12.9. The predicted molar refractivity (Wildman–Crippen MR) is 86.8 cm³/mol. The zero-order chi connectivity index (χ0) is 15.1. The molecule has 1 aromatic heterocycles. The van der Waals surface area contributed by atoms with E-state index in [9.17, 15) is 0 Å². The first kappa shape index (κ1) is 15.3. The Kier molecular flexibility index (Phi) is 5.58. The second-order valence-electron chi connectivity index (χ2n) is 5.33. The lowest BCUT2D eigenvalue weighted by Gasteiger charge is -2.16. The highest BCUT2D eigenvalue weighted by Crippen LogP contribution is 2.22. The van der Waals surface area contributed by atoms with Crippen LogP contribution >= 0.6 is 0 Å². The maximum atomic E-state index is 5.75. The van der Waals surface area contributed by atoms with Gasteiger partial charge in [-0.05, 0) is 44.8 Å². The van der Waals surface area contributed by atoms with Crippen LogP contribution in [0.4, 0.5) is 5.69 Å². The first-order chi connectivity index (χ1) is 10.1. The molecule has 1 aromatic carbocycles. The van der Waals surface area contributed by atoms with Gasteiger partial charge >= 0.3 is 0 Å². The average molecular weight is 285 g/mol. The molecule has 0 aliphatic rings. The van der Waals surface area contributed by atoms with Crippen molar-refractivity contribution in [2.45, 2.75) is 13.0 Å². The van der Waals surface area contributed by atoms with Crippen molar-refractivity contribution in [3.05, 3.63) is 54.4 Å². The molecule has 0 aliphatic heterocycles. The summed E-state index contributed by atoms with van der Waals surface area (Å²) in [5, 5.41) is 3.47. The molecule has 0 bridgehead atoms. The maximum absolute atomic E-state index is 5.75. The van der Waals surface area contributed by atoms with Gasteiger partial charge in [-0.15, -0.1) is 0 Å². The Morgan fingerprint density at radius 3 is 2.81 bits per heavy atom. The van der Waals surface area contributed by atoms with Gasteiger partial charge < -0.3 is 15.0 Å². The minimum atomic E-state index is 0.204. The molecule has 1 atom stereocenters.